The van der Waals surface area contributed by atoms with Gasteiger partial charge in [-0.2, -0.15) is 5.10 Å². The number of hydrogen-bond donors (Lipinski definition) is 1. The van der Waals surface area contributed by atoms with Gasteiger partial charge >= 0.3 is 0 Å². The number of nitrogens with one attached hydrogen (secondary N) is 1. The molecule has 0 aromatic carbocycles. The molecular weight excluding hydrogens is 214 g/mol. The van der Waals surface area contributed by atoms with E-state index in [2.05, 4.69) is 24.3 Å². The summed E-state index contributed by atoms with van der Waals surface area (Å²) in [4.78, 5) is 0. The molecule has 4 heteroatoms. The molecule has 0 saturated heterocycles. The fraction of sp³-hybridized carbons (Fsp3) is 0.462. The first-order chi connectivity index (χ1) is 8.08. The van der Waals surface area contributed by atoms with Gasteiger partial charge in [0.15, 0.2) is 0 Å². The number of hydrogen-bond acceptors (Lipinski definition) is 3. The van der Waals surface area contributed by atoms with Crippen LogP contribution in [0.4, 0.5) is 0 Å². The second-order valence-electron chi connectivity index (χ2n) is 4.59. The van der Waals surface area contributed by atoms with E-state index in [0.29, 0.717) is 6.04 Å². The average Bonchev–Trinajstić information content (AvgIpc) is 2.81. The molecule has 0 radical (unpaired) electrons. The SMILES string of the molecule is Cc1nn(C)cc1-c1ccoc1CNC(C)C. The second-order valence-corrected chi connectivity index (χ2v) is 4.59. The maximum Gasteiger partial charge on any atom is 0.125 e. The molecule has 0 fully saturated rings. The highest BCUT2D eigenvalue weighted by atomic mass is 16.3. The molecule has 2 rings (SSSR count). The van der Waals surface area contributed by atoms with Gasteiger partial charge in [0.2, 0.25) is 0 Å². The Labute approximate surface area is 102 Å². The lowest BCUT2D eigenvalue weighted by Crippen LogP contribution is -2.21. The Hall–Kier alpha value is -1.55. The lowest BCUT2D eigenvalue weighted by molar-refractivity contribution is 0.466. The van der Waals surface area contributed by atoms with Crippen LogP contribution < -0.4 is 5.32 Å². The monoisotopic (exact) mass is 233 g/mol. The molecule has 0 atom stereocenters. The Balaban J connectivity index is 2.27. The lowest BCUT2D eigenvalue weighted by Gasteiger charge is -2.07. The van der Waals surface area contributed by atoms with Gasteiger partial charge in [0.05, 0.1) is 18.5 Å². The first-order valence-electron chi connectivity index (χ1n) is 5.88. The van der Waals surface area contributed by atoms with Crippen molar-refractivity contribution in [1.29, 1.82) is 0 Å². The van der Waals surface area contributed by atoms with Gasteiger partial charge in [-0.3, -0.25) is 4.68 Å². The molecule has 0 aliphatic heterocycles. The zero-order valence-corrected chi connectivity index (χ0v) is 10.8. The van der Waals surface area contributed by atoms with Crippen molar-refractivity contribution in [2.45, 2.75) is 33.4 Å². The van der Waals surface area contributed by atoms with Crippen LogP contribution in [0.3, 0.4) is 0 Å². The van der Waals surface area contributed by atoms with Crippen LogP contribution in [0.5, 0.6) is 0 Å². The first kappa shape index (κ1) is 11.9. The van der Waals surface area contributed by atoms with Crippen molar-refractivity contribution in [1.82, 2.24) is 15.1 Å². The fourth-order valence-corrected chi connectivity index (χ4v) is 1.88. The van der Waals surface area contributed by atoms with Crippen molar-refractivity contribution in [2.75, 3.05) is 0 Å². The zero-order chi connectivity index (χ0) is 12.4. The summed E-state index contributed by atoms with van der Waals surface area (Å²) in [7, 11) is 1.93. The molecule has 2 aromatic heterocycles. The van der Waals surface area contributed by atoms with Crippen molar-refractivity contribution in [3.05, 3.63) is 30.0 Å². The summed E-state index contributed by atoms with van der Waals surface area (Å²) in [5.74, 6) is 0.967. The van der Waals surface area contributed by atoms with E-state index in [1.807, 2.05) is 30.9 Å². The summed E-state index contributed by atoms with van der Waals surface area (Å²) in [6, 6.07) is 2.45. The van der Waals surface area contributed by atoms with Crippen LogP contribution in [0.15, 0.2) is 22.9 Å². The van der Waals surface area contributed by atoms with Gasteiger partial charge in [-0.15, -0.1) is 0 Å². The van der Waals surface area contributed by atoms with E-state index < -0.39 is 0 Å². The molecular formula is C13H19N3O. The van der Waals surface area contributed by atoms with E-state index in [1.165, 1.54) is 0 Å². The number of furan rings is 1. The van der Waals surface area contributed by atoms with E-state index in [9.17, 15) is 0 Å². The summed E-state index contributed by atoms with van der Waals surface area (Å²) < 4.78 is 7.36. The predicted molar refractivity (Wildman–Crippen MR) is 67.6 cm³/mol. The third-order valence-electron chi connectivity index (χ3n) is 2.72. The lowest BCUT2D eigenvalue weighted by atomic mass is 10.1. The minimum Gasteiger partial charge on any atom is -0.467 e. The highest BCUT2D eigenvalue weighted by Gasteiger charge is 2.13. The van der Waals surface area contributed by atoms with Gasteiger partial charge in [0.1, 0.15) is 5.76 Å². The summed E-state index contributed by atoms with van der Waals surface area (Å²) >= 11 is 0. The van der Waals surface area contributed by atoms with E-state index in [4.69, 9.17) is 4.42 Å². The average molecular weight is 233 g/mol. The first-order valence-corrected chi connectivity index (χ1v) is 5.88. The van der Waals surface area contributed by atoms with Crippen LogP contribution in [-0.2, 0) is 13.6 Å². The molecule has 0 aliphatic rings. The van der Waals surface area contributed by atoms with Crippen molar-refractivity contribution < 1.29 is 4.42 Å². The molecule has 4 nitrogen and oxygen atoms in total. The molecule has 92 valence electrons. The summed E-state index contributed by atoms with van der Waals surface area (Å²) in [5, 5.41) is 7.72. The van der Waals surface area contributed by atoms with E-state index >= 15 is 0 Å². The quantitative estimate of drug-likeness (QED) is 0.882. The van der Waals surface area contributed by atoms with E-state index in [0.717, 1.165) is 29.1 Å². The summed E-state index contributed by atoms with van der Waals surface area (Å²) in [5.41, 5.74) is 3.30. The molecule has 0 bridgehead atoms. The Morgan fingerprint density at radius 2 is 2.18 bits per heavy atom. The second kappa shape index (κ2) is 4.75. The fourth-order valence-electron chi connectivity index (χ4n) is 1.88. The van der Waals surface area contributed by atoms with Crippen LogP contribution in [0, 0.1) is 6.92 Å². The van der Waals surface area contributed by atoms with Gasteiger partial charge < -0.3 is 9.73 Å². The van der Waals surface area contributed by atoms with Crippen LogP contribution in [-0.4, -0.2) is 15.8 Å². The van der Waals surface area contributed by atoms with Gasteiger partial charge in [-0.1, -0.05) is 13.8 Å². The van der Waals surface area contributed by atoms with Gasteiger partial charge in [-0.05, 0) is 13.0 Å². The Morgan fingerprint density at radius 1 is 1.41 bits per heavy atom. The van der Waals surface area contributed by atoms with Crippen molar-refractivity contribution in [3.8, 4) is 11.1 Å². The van der Waals surface area contributed by atoms with Crippen LogP contribution in [0.1, 0.15) is 25.3 Å². The number of aryl methyl sites for hydroxylation is 2. The third kappa shape index (κ3) is 2.58. The minimum absolute atomic E-state index is 0.447. The summed E-state index contributed by atoms with van der Waals surface area (Å²) in [6.07, 6.45) is 3.76. The van der Waals surface area contributed by atoms with Crippen molar-refractivity contribution >= 4 is 0 Å². The Morgan fingerprint density at radius 3 is 2.76 bits per heavy atom. The van der Waals surface area contributed by atoms with Crippen LogP contribution >= 0.6 is 0 Å². The highest BCUT2D eigenvalue weighted by Crippen LogP contribution is 2.27. The van der Waals surface area contributed by atoms with E-state index in [-0.39, 0.29) is 0 Å². The molecule has 1 N–H and O–H groups in total. The maximum atomic E-state index is 5.53. The van der Waals surface area contributed by atoms with Crippen LogP contribution in [0.25, 0.3) is 11.1 Å². The van der Waals surface area contributed by atoms with Crippen molar-refractivity contribution in [2.24, 2.45) is 7.05 Å². The topological polar surface area (TPSA) is 43.0 Å². The molecule has 0 unspecified atom stereocenters. The van der Waals surface area contributed by atoms with Crippen LogP contribution in [0.2, 0.25) is 0 Å². The zero-order valence-electron chi connectivity index (χ0n) is 10.8. The number of aromatic nitrogens is 2. The molecule has 17 heavy (non-hydrogen) atoms. The molecule has 0 aliphatic carbocycles. The smallest absolute Gasteiger partial charge is 0.125 e. The summed E-state index contributed by atoms with van der Waals surface area (Å²) in [6.45, 7) is 7.01. The van der Waals surface area contributed by atoms with Gasteiger partial charge in [-0.25, -0.2) is 0 Å². The number of nitrogens with zero attached hydrogens (tertiary/aromatic N) is 2. The molecule has 2 aromatic rings. The maximum absolute atomic E-state index is 5.53. The molecule has 2 heterocycles. The number of rotatable bonds is 4. The Kier molecular flexibility index (Phi) is 3.33. The third-order valence-corrected chi connectivity index (χ3v) is 2.72. The van der Waals surface area contributed by atoms with Gasteiger partial charge in [0, 0.05) is 30.4 Å². The molecule has 0 spiro atoms. The molecule has 0 amide bonds. The standard InChI is InChI=1S/C13H19N3O/c1-9(2)14-7-13-11(5-6-17-13)12-8-16(4)15-10(12)3/h5-6,8-9,14H,7H2,1-4H3. The molecule has 0 saturated carbocycles. The Bertz CT molecular complexity index is 496. The van der Waals surface area contributed by atoms with E-state index in [1.54, 1.807) is 6.26 Å². The highest BCUT2D eigenvalue weighted by molar-refractivity contribution is 5.66. The normalized spacial score (nSPS) is 11.4. The largest absolute Gasteiger partial charge is 0.467 e. The minimum atomic E-state index is 0.447. The predicted octanol–water partition coefficient (Wildman–Crippen LogP) is 2.49. The van der Waals surface area contributed by atoms with Gasteiger partial charge in [0.25, 0.3) is 0 Å². The van der Waals surface area contributed by atoms with Crippen molar-refractivity contribution in [3.63, 3.8) is 0 Å².